The molecule has 0 saturated carbocycles. The summed E-state index contributed by atoms with van der Waals surface area (Å²) in [5.74, 6) is -3.44. The van der Waals surface area contributed by atoms with Gasteiger partial charge in [-0.2, -0.15) is 0 Å². The van der Waals surface area contributed by atoms with Gasteiger partial charge in [-0.15, -0.1) is 0 Å². The summed E-state index contributed by atoms with van der Waals surface area (Å²) in [6.45, 7) is -0.731. The van der Waals surface area contributed by atoms with Gasteiger partial charge in [-0.25, -0.2) is 9.59 Å². The first-order valence-corrected chi connectivity index (χ1v) is 9.59. The molecule has 0 spiro atoms. The molecule has 3 aromatic carbocycles. The van der Waals surface area contributed by atoms with Gasteiger partial charge in [0.2, 0.25) is 0 Å². The predicted molar refractivity (Wildman–Crippen MR) is 116 cm³/mol. The van der Waals surface area contributed by atoms with Crippen LogP contribution in [0.2, 0.25) is 10.0 Å². The van der Waals surface area contributed by atoms with Crippen LogP contribution in [0.3, 0.4) is 0 Å². The highest BCUT2D eigenvalue weighted by molar-refractivity contribution is 6.36. The summed E-state index contributed by atoms with van der Waals surface area (Å²) < 4.78 is 5.15. The summed E-state index contributed by atoms with van der Waals surface area (Å²) in [7, 11) is 0. The summed E-state index contributed by atoms with van der Waals surface area (Å²) >= 11 is 12.1. The Morgan fingerprint density at radius 3 is 2.23 bits per heavy atom. The van der Waals surface area contributed by atoms with Crippen molar-refractivity contribution in [3.05, 3.63) is 81.8 Å². The summed E-state index contributed by atoms with van der Waals surface area (Å²) in [5, 5.41) is 21.0. The zero-order valence-corrected chi connectivity index (χ0v) is 17.3. The number of benzene rings is 3. The Balaban J connectivity index is 2.01. The lowest BCUT2D eigenvalue weighted by Gasteiger charge is -2.15. The highest BCUT2D eigenvalue weighted by atomic mass is 35.5. The largest absolute Gasteiger partial charge is 0.480 e. The molecule has 0 aliphatic carbocycles. The second-order valence-corrected chi connectivity index (χ2v) is 7.18. The van der Waals surface area contributed by atoms with E-state index in [4.69, 9.17) is 33.0 Å². The molecule has 0 aromatic heterocycles. The Labute approximate surface area is 186 Å². The van der Waals surface area contributed by atoms with Crippen LogP contribution in [-0.4, -0.2) is 34.7 Å². The van der Waals surface area contributed by atoms with E-state index in [1.165, 1.54) is 24.3 Å². The number of amides is 1. The van der Waals surface area contributed by atoms with Crippen LogP contribution in [0.4, 0.5) is 5.69 Å². The third-order valence-corrected chi connectivity index (χ3v) is 4.70. The average Bonchev–Trinajstić information content (AvgIpc) is 2.72. The van der Waals surface area contributed by atoms with E-state index in [9.17, 15) is 19.5 Å². The van der Waals surface area contributed by atoms with Gasteiger partial charge in [-0.3, -0.25) is 4.79 Å². The number of carbonyl (C=O) groups is 3. The maximum absolute atomic E-state index is 13.0. The number of hydrogen-bond acceptors (Lipinski definition) is 4. The zero-order chi connectivity index (χ0) is 22.5. The summed E-state index contributed by atoms with van der Waals surface area (Å²) in [6.07, 6.45) is 0. The van der Waals surface area contributed by atoms with E-state index in [0.717, 1.165) is 5.56 Å². The normalized spacial score (nSPS) is 10.4. The molecule has 3 N–H and O–H groups in total. The van der Waals surface area contributed by atoms with Crippen LogP contribution in [0.1, 0.15) is 20.7 Å². The van der Waals surface area contributed by atoms with Gasteiger partial charge in [0.15, 0.2) is 12.4 Å². The Morgan fingerprint density at radius 1 is 0.871 bits per heavy atom. The molecule has 158 valence electrons. The zero-order valence-electron chi connectivity index (χ0n) is 15.8. The smallest absolute Gasteiger partial charge is 0.341 e. The fraction of sp³-hybridized carbons (Fsp3) is 0.0455. The van der Waals surface area contributed by atoms with Crippen molar-refractivity contribution < 1.29 is 29.3 Å². The van der Waals surface area contributed by atoms with Gasteiger partial charge in [0.1, 0.15) is 0 Å². The minimum absolute atomic E-state index is 0.0409. The molecule has 0 saturated heterocycles. The Morgan fingerprint density at radius 2 is 1.58 bits per heavy atom. The third-order valence-electron chi connectivity index (χ3n) is 4.20. The van der Waals surface area contributed by atoms with E-state index < -0.39 is 24.5 Å². The van der Waals surface area contributed by atoms with Crippen LogP contribution in [0, 0.1) is 0 Å². The molecule has 0 unspecified atom stereocenters. The van der Waals surface area contributed by atoms with Crippen molar-refractivity contribution in [3.63, 3.8) is 0 Å². The number of hydrogen-bond donors (Lipinski definition) is 3. The van der Waals surface area contributed by atoms with Gasteiger partial charge < -0.3 is 20.3 Å². The molecular weight excluding hydrogens is 445 g/mol. The number of ether oxygens (including phenoxy) is 1. The first-order valence-electron chi connectivity index (χ1n) is 8.84. The minimum Gasteiger partial charge on any atom is -0.480 e. The highest BCUT2D eigenvalue weighted by Gasteiger charge is 2.21. The molecule has 0 atom stereocenters. The van der Waals surface area contributed by atoms with Gasteiger partial charge in [0.25, 0.3) is 5.91 Å². The molecule has 0 heterocycles. The quantitative estimate of drug-likeness (QED) is 0.454. The van der Waals surface area contributed by atoms with Crippen LogP contribution in [0.15, 0.2) is 60.7 Å². The molecule has 9 heteroatoms. The molecule has 0 bridgehead atoms. The molecule has 0 aliphatic heterocycles. The topological polar surface area (TPSA) is 113 Å². The fourth-order valence-corrected chi connectivity index (χ4v) is 3.39. The molecular formula is C22H15Cl2NO6. The van der Waals surface area contributed by atoms with Crippen molar-refractivity contribution in [1.29, 1.82) is 0 Å². The maximum atomic E-state index is 13.0. The fourth-order valence-electron chi connectivity index (χ4n) is 2.84. The number of carboxylic acid groups (broad SMARTS) is 2. The SMILES string of the molecule is O=C(O)COc1c(Cl)cc(Cl)cc1C(=O)Nc1cc(-c2ccccc2)ccc1C(=O)O. The Kier molecular flexibility index (Phi) is 6.79. The van der Waals surface area contributed by atoms with Crippen LogP contribution in [-0.2, 0) is 4.79 Å². The number of nitrogens with one attached hydrogen (secondary N) is 1. The monoisotopic (exact) mass is 459 g/mol. The van der Waals surface area contributed by atoms with E-state index in [1.807, 2.05) is 30.3 Å². The number of carbonyl (C=O) groups excluding carboxylic acids is 1. The summed E-state index contributed by atoms with van der Waals surface area (Å²) in [4.78, 5) is 35.5. The van der Waals surface area contributed by atoms with E-state index in [2.05, 4.69) is 5.32 Å². The lowest BCUT2D eigenvalue weighted by Crippen LogP contribution is -2.18. The number of aliphatic carboxylic acids is 1. The van der Waals surface area contributed by atoms with Gasteiger partial charge in [-0.1, -0.05) is 59.6 Å². The van der Waals surface area contributed by atoms with Crippen molar-refractivity contribution in [2.75, 3.05) is 11.9 Å². The molecule has 0 radical (unpaired) electrons. The lowest BCUT2D eigenvalue weighted by molar-refractivity contribution is -0.139. The molecule has 0 aliphatic rings. The van der Waals surface area contributed by atoms with Crippen LogP contribution in [0.25, 0.3) is 11.1 Å². The third kappa shape index (κ3) is 5.33. The van der Waals surface area contributed by atoms with Gasteiger partial charge in [-0.05, 0) is 35.4 Å². The van der Waals surface area contributed by atoms with Gasteiger partial charge in [0.05, 0.1) is 21.8 Å². The molecule has 3 aromatic rings. The first kappa shape index (κ1) is 22.1. The maximum Gasteiger partial charge on any atom is 0.341 e. The number of anilines is 1. The van der Waals surface area contributed by atoms with Crippen molar-refractivity contribution in [3.8, 4) is 16.9 Å². The number of aromatic carboxylic acids is 1. The van der Waals surface area contributed by atoms with Gasteiger partial charge in [0, 0.05) is 5.02 Å². The van der Waals surface area contributed by atoms with Crippen molar-refractivity contribution in [1.82, 2.24) is 0 Å². The van der Waals surface area contributed by atoms with Crippen molar-refractivity contribution >= 4 is 46.7 Å². The standard InChI is InChI=1S/C22H15Cl2NO6/c23-14-9-16(20(17(24)10-14)31-11-19(26)27)21(28)25-18-8-13(6-7-15(18)22(29)30)12-4-2-1-3-5-12/h1-10H,11H2,(H,25,28)(H,26,27)(H,29,30). The predicted octanol–water partition coefficient (Wildman–Crippen LogP) is 5.07. The average molecular weight is 460 g/mol. The number of rotatable bonds is 7. The molecule has 0 fully saturated rings. The molecule has 1 amide bonds. The van der Waals surface area contributed by atoms with Gasteiger partial charge >= 0.3 is 11.9 Å². The van der Waals surface area contributed by atoms with E-state index in [-0.39, 0.29) is 32.6 Å². The van der Waals surface area contributed by atoms with E-state index in [1.54, 1.807) is 6.07 Å². The highest BCUT2D eigenvalue weighted by Crippen LogP contribution is 2.34. The molecule has 7 nitrogen and oxygen atoms in total. The van der Waals surface area contributed by atoms with Crippen molar-refractivity contribution in [2.45, 2.75) is 0 Å². The van der Waals surface area contributed by atoms with Crippen LogP contribution < -0.4 is 10.1 Å². The summed E-state index contributed by atoms with van der Waals surface area (Å²) in [5.41, 5.74) is 1.28. The van der Waals surface area contributed by atoms with E-state index in [0.29, 0.717) is 5.56 Å². The molecule has 31 heavy (non-hydrogen) atoms. The second kappa shape index (κ2) is 9.51. The number of halogens is 2. The van der Waals surface area contributed by atoms with Crippen LogP contribution in [0.5, 0.6) is 5.75 Å². The second-order valence-electron chi connectivity index (χ2n) is 6.33. The van der Waals surface area contributed by atoms with Crippen LogP contribution >= 0.6 is 23.2 Å². The molecule has 3 rings (SSSR count). The number of carboxylic acids is 2. The minimum atomic E-state index is -1.26. The summed E-state index contributed by atoms with van der Waals surface area (Å²) in [6, 6.07) is 16.3. The Bertz CT molecular complexity index is 1160. The Hall–Kier alpha value is -3.55. The van der Waals surface area contributed by atoms with E-state index >= 15 is 0 Å². The first-order chi connectivity index (χ1) is 14.8. The van der Waals surface area contributed by atoms with Crippen molar-refractivity contribution in [2.24, 2.45) is 0 Å². The lowest BCUT2D eigenvalue weighted by atomic mass is 10.0.